The van der Waals surface area contributed by atoms with E-state index >= 15 is 0 Å². The minimum Gasteiger partial charge on any atom is -0.496 e. The first kappa shape index (κ1) is 25.4. The molecule has 0 spiro atoms. The monoisotopic (exact) mass is 492 g/mol. The van der Waals surface area contributed by atoms with Crippen molar-refractivity contribution in [2.45, 2.75) is 11.4 Å². The van der Waals surface area contributed by atoms with Gasteiger partial charge in [-0.25, -0.2) is 23.5 Å². The van der Waals surface area contributed by atoms with Crippen molar-refractivity contribution in [3.8, 4) is 17.2 Å². The van der Waals surface area contributed by atoms with Crippen LogP contribution in [0.5, 0.6) is 17.2 Å². The molecule has 11 nitrogen and oxygen atoms in total. The second-order valence-electron chi connectivity index (χ2n) is 7.09. The molecule has 3 rings (SSSR count). The molecule has 3 aromatic rings. The van der Waals surface area contributed by atoms with E-state index in [1.54, 1.807) is 32.4 Å². The van der Waals surface area contributed by atoms with Crippen LogP contribution < -0.4 is 24.7 Å². The Labute approximate surface area is 198 Å². The largest absolute Gasteiger partial charge is 0.496 e. The number of rotatable bonds is 13. The highest BCUT2D eigenvalue weighted by Crippen LogP contribution is 2.34. The number of nitrogens with two attached hydrogens (primary N) is 1. The van der Waals surface area contributed by atoms with Gasteiger partial charge in [0, 0.05) is 37.8 Å². The first-order valence-electron chi connectivity index (χ1n) is 10.3. The van der Waals surface area contributed by atoms with Crippen LogP contribution in [0.4, 0.5) is 5.82 Å². The van der Waals surface area contributed by atoms with Crippen molar-refractivity contribution >= 4 is 26.7 Å². The summed E-state index contributed by atoms with van der Waals surface area (Å²) < 4.78 is 50.7. The van der Waals surface area contributed by atoms with Gasteiger partial charge in [0.05, 0.1) is 30.7 Å². The van der Waals surface area contributed by atoms with Gasteiger partial charge in [0.2, 0.25) is 10.0 Å². The molecule has 12 heteroatoms. The van der Waals surface area contributed by atoms with Gasteiger partial charge in [-0.2, -0.15) is 0 Å². The van der Waals surface area contributed by atoms with Crippen LogP contribution in [0, 0.1) is 0 Å². The fourth-order valence-electron chi connectivity index (χ4n) is 3.15. The maximum atomic E-state index is 11.8. The standard InChI is InChI=1S/C22H28N4O7S/c1-29-6-8-32-20-11-17-18(12-21(20)33-9-7-30-2)25-14-26-22(17)24-13-15-10-16(34(23,27)28)4-5-19(15)31-3/h4-5,10-12,14H,6-9,13H2,1-3H3,(H2,23,27,28)(H,24,25,26). The zero-order chi connectivity index (χ0) is 24.6. The summed E-state index contributed by atoms with van der Waals surface area (Å²) in [5, 5.41) is 9.18. The fraction of sp³-hybridized carbons (Fsp3) is 0.364. The molecule has 1 aromatic heterocycles. The van der Waals surface area contributed by atoms with Crippen LogP contribution in [0.1, 0.15) is 5.56 Å². The van der Waals surface area contributed by atoms with Crippen molar-refractivity contribution in [3.63, 3.8) is 0 Å². The Bertz CT molecular complexity index is 1220. The Morgan fingerprint density at radius 1 is 0.882 bits per heavy atom. The number of aromatic nitrogens is 2. The van der Waals surface area contributed by atoms with Crippen LogP contribution >= 0.6 is 0 Å². The summed E-state index contributed by atoms with van der Waals surface area (Å²) in [6, 6.07) is 7.97. The summed E-state index contributed by atoms with van der Waals surface area (Å²) in [6.45, 7) is 1.73. The average molecular weight is 493 g/mol. The lowest BCUT2D eigenvalue weighted by molar-refractivity contribution is 0.132. The number of sulfonamides is 1. The van der Waals surface area contributed by atoms with Crippen LogP contribution in [-0.4, -0.2) is 66.1 Å². The molecule has 0 aliphatic rings. The van der Waals surface area contributed by atoms with E-state index in [1.165, 1.54) is 25.6 Å². The third-order valence-electron chi connectivity index (χ3n) is 4.82. The SMILES string of the molecule is COCCOc1cc2ncnc(NCc3cc(S(N)(=O)=O)ccc3OC)c2cc1OCCOC. The van der Waals surface area contributed by atoms with Gasteiger partial charge in [0.15, 0.2) is 11.5 Å². The number of benzene rings is 2. The Morgan fingerprint density at radius 2 is 1.56 bits per heavy atom. The molecule has 0 unspecified atom stereocenters. The van der Waals surface area contributed by atoms with Gasteiger partial charge in [-0.1, -0.05) is 0 Å². The number of methoxy groups -OCH3 is 3. The average Bonchev–Trinajstić information content (AvgIpc) is 2.82. The van der Waals surface area contributed by atoms with Gasteiger partial charge >= 0.3 is 0 Å². The molecule has 2 aromatic carbocycles. The zero-order valence-electron chi connectivity index (χ0n) is 19.2. The number of hydrogen-bond acceptors (Lipinski definition) is 10. The quantitative estimate of drug-likeness (QED) is 0.340. The molecule has 0 atom stereocenters. The van der Waals surface area contributed by atoms with Crippen molar-refractivity contribution < 1.29 is 32.1 Å². The van der Waals surface area contributed by atoms with E-state index in [0.717, 1.165) is 0 Å². The molecule has 0 fully saturated rings. The van der Waals surface area contributed by atoms with Crippen LogP contribution in [-0.2, 0) is 26.0 Å². The third kappa shape index (κ3) is 6.44. The van der Waals surface area contributed by atoms with E-state index in [9.17, 15) is 8.42 Å². The second-order valence-corrected chi connectivity index (χ2v) is 8.65. The number of nitrogens with zero attached hydrogens (tertiary/aromatic N) is 2. The molecule has 0 saturated carbocycles. The Hall–Kier alpha value is -3.19. The van der Waals surface area contributed by atoms with Crippen molar-refractivity contribution in [3.05, 3.63) is 42.2 Å². The van der Waals surface area contributed by atoms with Gasteiger partial charge in [-0.15, -0.1) is 0 Å². The molecular formula is C22H28N4O7S. The highest BCUT2D eigenvalue weighted by atomic mass is 32.2. The second kappa shape index (κ2) is 11.8. The van der Waals surface area contributed by atoms with Gasteiger partial charge in [0.1, 0.15) is 31.1 Å². The minimum absolute atomic E-state index is 0.00988. The predicted molar refractivity (Wildman–Crippen MR) is 126 cm³/mol. The van der Waals surface area contributed by atoms with E-state index < -0.39 is 10.0 Å². The Kier molecular flexibility index (Phi) is 8.82. The predicted octanol–water partition coefficient (Wildman–Crippen LogP) is 1.95. The van der Waals surface area contributed by atoms with E-state index in [1.807, 2.05) is 0 Å². The number of fused-ring (bicyclic) bond motifs is 1. The maximum Gasteiger partial charge on any atom is 0.238 e. The highest BCUT2D eigenvalue weighted by Gasteiger charge is 2.15. The van der Waals surface area contributed by atoms with Crippen molar-refractivity contribution in [1.29, 1.82) is 0 Å². The number of hydrogen-bond donors (Lipinski definition) is 2. The third-order valence-corrected chi connectivity index (χ3v) is 5.73. The molecule has 0 radical (unpaired) electrons. The lowest BCUT2D eigenvalue weighted by atomic mass is 10.1. The van der Waals surface area contributed by atoms with Crippen molar-refractivity contribution in [2.75, 3.05) is 53.1 Å². The van der Waals surface area contributed by atoms with Crippen molar-refractivity contribution in [2.24, 2.45) is 5.14 Å². The van der Waals surface area contributed by atoms with Crippen LogP contribution in [0.3, 0.4) is 0 Å². The summed E-state index contributed by atoms with van der Waals surface area (Å²) in [5.41, 5.74) is 1.23. The lowest BCUT2D eigenvalue weighted by Crippen LogP contribution is -2.13. The molecule has 0 saturated heterocycles. The van der Waals surface area contributed by atoms with E-state index in [4.69, 9.17) is 28.8 Å². The molecule has 0 amide bonds. The van der Waals surface area contributed by atoms with Gasteiger partial charge in [0.25, 0.3) is 0 Å². The smallest absolute Gasteiger partial charge is 0.238 e. The normalized spacial score (nSPS) is 11.4. The van der Waals surface area contributed by atoms with Crippen LogP contribution in [0.2, 0.25) is 0 Å². The van der Waals surface area contributed by atoms with Gasteiger partial charge in [-0.3, -0.25) is 0 Å². The van der Waals surface area contributed by atoms with E-state index in [-0.39, 0.29) is 11.4 Å². The summed E-state index contributed by atoms with van der Waals surface area (Å²) in [5.74, 6) is 2.06. The Balaban J connectivity index is 1.93. The molecule has 34 heavy (non-hydrogen) atoms. The molecule has 0 bridgehead atoms. The zero-order valence-corrected chi connectivity index (χ0v) is 20.1. The maximum absolute atomic E-state index is 11.8. The fourth-order valence-corrected chi connectivity index (χ4v) is 3.71. The number of anilines is 1. The first-order valence-corrected chi connectivity index (χ1v) is 11.9. The molecule has 184 valence electrons. The molecule has 1 heterocycles. The molecule has 3 N–H and O–H groups in total. The first-order chi connectivity index (χ1) is 16.4. The van der Waals surface area contributed by atoms with Crippen LogP contribution in [0.15, 0.2) is 41.6 Å². The van der Waals surface area contributed by atoms with Crippen LogP contribution in [0.25, 0.3) is 10.9 Å². The minimum atomic E-state index is -3.86. The van der Waals surface area contributed by atoms with E-state index in [2.05, 4.69) is 15.3 Å². The summed E-state index contributed by atoms with van der Waals surface area (Å²) in [7, 11) is 0.834. The number of primary sulfonamides is 1. The Morgan fingerprint density at radius 3 is 2.18 bits per heavy atom. The number of nitrogens with one attached hydrogen (secondary N) is 1. The summed E-state index contributed by atoms with van der Waals surface area (Å²) >= 11 is 0. The lowest BCUT2D eigenvalue weighted by Gasteiger charge is -2.16. The van der Waals surface area contributed by atoms with Gasteiger partial charge < -0.3 is 29.0 Å². The van der Waals surface area contributed by atoms with E-state index in [0.29, 0.717) is 66.0 Å². The molecule has 0 aliphatic heterocycles. The summed E-state index contributed by atoms with van der Waals surface area (Å²) in [4.78, 5) is 8.67. The van der Waals surface area contributed by atoms with Gasteiger partial charge in [-0.05, 0) is 24.3 Å². The molecule has 0 aliphatic carbocycles. The van der Waals surface area contributed by atoms with Crippen molar-refractivity contribution in [1.82, 2.24) is 9.97 Å². The summed E-state index contributed by atoms with van der Waals surface area (Å²) in [6.07, 6.45) is 1.42. The number of ether oxygens (including phenoxy) is 5. The topological polar surface area (TPSA) is 144 Å². The molecular weight excluding hydrogens is 464 g/mol. The highest BCUT2D eigenvalue weighted by molar-refractivity contribution is 7.89.